The Hall–Kier alpha value is -0.870. The highest BCUT2D eigenvalue weighted by Crippen LogP contribution is 2.30. The quantitative estimate of drug-likeness (QED) is 0.827. The Labute approximate surface area is 98.4 Å². The van der Waals surface area contributed by atoms with Gasteiger partial charge in [-0.25, -0.2) is 0 Å². The molecule has 1 aromatic heterocycles. The Morgan fingerprint density at radius 3 is 2.50 bits per heavy atom. The molecule has 4 nitrogen and oxygen atoms in total. The monoisotopic (exact) mass is 224 g/mol. The molecule has 1 aromatic rings. The number of rotatable bonds is 5. The molecule has 2 N–H and O–H groups in total. The molecule has 0 aliphatic carbocycles. The maximum absolute atomic E-state index is 6.36. The molecule has 92 valence electrons. The fourth-order valence-electron chi connectivity index (χ4n) is 1.89. The first-order valence-corrected chi connectivity index (χ1v) is 5.91. The average Bonchev–Trinajstić information content (AvgIpc) is 2.75. The maximum Gasteiger partial charge on any atom is 0.0538 e. The zero-order valence-electron chi connectivity index (χ0n) is 11.1. The van der Waals surface area contributed by atoms with Crippen molar-refractivity contribution in [1.82, 2.24) is 14.7 Å². The summed E-state index contributed by atoms with van der Waals surface area (Å²) in [6, 6.07) is -0.00667. The summed E-state index contributed by atoms with van der Waals surface area (Å²) in [5.41, 5.74) is 7.44. The summed E-state index contributed by atoms with van der Waals surface area (Å²) in [6.45, 7) is 7.33. The molecular weight excluding hydrogens is 200 g/mol. The zero-order valence-corrected chi connectivity index (χ0v) is 11.1. The topological polar surface area (TPSA) is 47.1 Å². The molecule has 2 unspecified atom stereocenters. The van der Waals surface area contributed by atoms with Crippen LogP contribution in [0.5, 0.6) is 0 Å². The Morgan fingerprint density at radius 2 is 2.12 bits per heavy atom. The van der Waals surface area contributed by atoms with Gasteiger partial charge in [0.25, 0.3) is 0 Å². The van der Waals surface area contributed by atoms with Crippen LogP contribution >= 0.6 is 0 Å². The van der Waals surface area contributed by atoms with E-state index >= 15 is 0 Å². The van der Waals surface area contributed by atoms with E-state index in [-0.39, 0.29) is 11.6 Å². The van der Waals surface area contributed by atoms with Crippen LogP contribution in [0.4, 0.5) is 0 Å². The molecule has 0 radical (unpaired) electrons. The van der Waals surface area contributed by atoms with Crippen LogP contribution in [-0.2, 0) is 6.54 Å². The number of aryl methyl sites for hydroxylation is 1. The molecule has 0 saturated carbocycles. The number of aromatic nitrogens is 2. The fourth-order valence-corrected chi connectivity index (χ4v) is 1.89. The van der Waals surface area contributed by atoms with Gasteiger partial charge in [0, 0.05) is 23.8 Å². The van der Waals surface area contributed by atoms with Crippen molar-refractivity contribution >= 4 is 0 Å². The maximum atomic E-state index is 6.36. The minimum Gasteiger partial charge on any atom is -0.322 e. The van der Waals surface area contributed by atoms with Crippen molar-refractivity contribution in [2.75, 3.05) is 14.1 Å². The van der Waals surface area contributed by atoms with Crippen molar-refractivity contribution in [2.45, 2.75) is 45.3 Å². The van der Waals surface area contributed by atoms with E-state index in [0.29, 0.717) is 0 Å². The lowest BCUT2D eigenvalue weighted by Crippen LogP contribution is -2.49. The SMILES string of the molecule is CCn1cc(C(N)C(C)(CC)N(C)C)cn1. The Morgan fingerprint density at radius 1 is 1.50 bits per heavy atom. The second kappa shape index (κ2) is 4.97. The molecule has 0 saturated heterocycles. The predicted octanol–water partition coefficient (Wildman–Crippen LogP) is 1.63. The third-order valence-corrected chi connectivity index (χ3v) is 3.74. The molecule has 4 heteroatoms. The lowest BCUT2D eigenvalue weighted by molar-refractivity contribution is 0.132. The number of hydrogen-bond acceptors (Lipinski definition) is 3. The summed E-state index contributed by atoms with van der Waals surface area (Å²) in [5.74, 6) is 0. The molecule has 2 atom stereocenters. The summed E-state index contributed by atoms with van der Waals surface area (Å²) >= 11 is 0. The van der Waals surface area contributed by atoms with Crippen LogP contribution in [0.1, 0.15) is 38.8 Å². The molecule has 0 spiro atoms. The van der Waals surface area contributed by atoms with Gasteiger partial charge in [0.1, 0.15) is 0 Å². The van der Waals surface area contributed by atoms with Gasteiger partial charge in [-0.3, -0.25) is 4.68 Å². The van der Waals surface area contributed by atoms with Crippen LogP contribution in [0.3, 0.4) is 0 Å². The summed E-state index contributed by atoms with van der Waals surface area (Å²) in [6.07, 6.45) is 4.94. The largest absolute Gasteiger partial charge is 0.322 e. The van der Waals surface area contributed by atoms with E-state index in [0.717, 1.165) is 18.5 Å². The van der Waals surface area contributed by atoms with Crippen LogP contribution in [0, 0.1) is 0 Å². The summed E-state index contributed by atoms with van der Waals surface area (Å²) < 4.78 is 1.92. The van der Waals surface area contributed by atoms with Gasteiger partial charge in [-0.2, -0.15) is 5.10 Å². The molecule has 0 aromatic carbocycles. The third-order valence-electron chi connectivity index (χ3n) is 3.74. The van der Waals surface area contributed by atoms with E-state index in [1.807, 2.05) is 17.1 Å². The molecule has 0 bridgehead atoms. The van der Waals surface area contributed by atoms with Crippen molar-refractivity contribution in [3.63, 3.8) is 0 Å². The first-order chi connectivity index (χ1) is 7.45. The first kappa shape index (κ1) is 13.2. The number of nitrogens with two attached hydrogens (primary N) is 1. The number of nitrogens with zero attached hydrogens (tertiary/aromatic N) is 3. The van der Waals surface area contributed by atoms with E-state index in [4.69, 9.17) is 5.73 Å². The van der Waals surface area contributed by atoms with Crippen molar-refractivity contribution in [3.05, 3.63) is 18.0 Å². The lowest BCUT2D eigenvalue weighted by atomic mass is 9.85. The van der Waals surface area contributed by atoms with Gasteiger partial charge >= 0.3 is 0 Å². The van der Waals surface area contributed by atoms with Gasteiger partial charge in [-0.15, -0.1) is 0 Å². The van der Waals surface area contributed by atoms with Crippen LogP contribution in [-0.4, -0.2) is 34.3 Å². The van der Waals surface area contributed by atoms with Crippen molar-refractivity contribution in [1.29, 1.82) is 0 Å². The smallest absolute Gasteiger partial charge is 0.0538 e. The second-order valence-corrected chi connectivity index (χ2v) is 4.71. The van der Waals surface area contributed by atoms with Gasteiger partial charge in [-0.05, 0) is 34.4 Å². The Bertz CT molecular complexity index is 332. The van der Waals surface area contributed by atoms with E-state index in [1.54, 1.807) is 0 Å². The standard InChI is InChI=1S/C12H24N4/c1-6-12(3,15(4)5)11(13)10-8-14-16(7-2)9-10/h8-9,11H,6-7,13H2,1-5H3. The minimum atomic E-state index is -0.0262. The van der Waals surface area contributed by atoms with Gasteiger partial charge in [0.05, 0.1) is 12.2 Å². The summed E-state index contributed by atoms with van der Waals surface area (Å²) in [5, 5.41) is 4.28. The normalized spacial score (nSPS) is 17.4. The molecule has 0 aliphatic rings. The summed E-state index contributed by atoms with van der Waals surface area (Å²) in [4.78, 5) is 2.20. The molecular formula is C12H24N4. The zero-order chi connectivity index (χ0) is 12.3. The minimum absolute atomic E-state index is 0.00667. The van der Waals surface area contributed by atoms with Gasteiger partial charge in [-0.1, -0.05) is 6.92 Å². The average molecular weight is 224 g/mol. The fraction of sp³-hybridized carbons (Fsp3) is 0.750. The van der Waals surface area contributed by atoms with Gasteiger partial charge in [0.15, 0.2) is 0 Å². The van der Waals surface area contributed by atoms with Crippen LogP contribution in [0.15, 0.2) is 12.4 Å². The highest BCUT2D eigenvalue weighted by atomic mass is 15.3. The highest BCUT2D eigenvalue weighted by molar-refractivity contribution is 5.16. The van der Waals surface area contributed by atoms with Gasteiger partial charge in [0.2, 0.25) is 0 Å². The van der Waals surface area contributed by atoms with Crippen molar-refractivity contribution < 1.29 is 0 Å². The summed E-state index contributed by atoms with van der Waals surface area (Å²) in [7, 11) is 4.15. The van der Waals surface area contributed by atoms with Crippen LogP contribution in [0.2, 0.25) is 0 Å². The van der Waals surface area contributed by atoms with E-state index in [2.05, 4.69) is 44.9 Å². The molecule has 16 heavy (non-hydrogen) atoms. The third kappa shape index (κ3) is 2.28. The molecule has 1 rings (SSSR count). The lowest BCUT2D eigenvalue weighted by Gasteiger charge is -2.40. The second-order valence-electron chi connectivity index (χ2n) is 4.71. The molecule has 0 amide bonds. The highest BCUT2D eigenvalue weighted by Gasteiger charge is 2.33. The van der Waals surface area contributed by atoms with Gasteiger partial charge < -0.3 is 10.6 Å². The predicted molar refractivity (Wildman–Crippen MR) is 67.2 cm³/mol. The number of hydrogen-bond donors (Lipinski definition) is 1. The van der Waals surface area contributed by atoms with E-state index < -0.39 is 0 Å². The van der Waals surface area contributed by atoms with E-state index in [9.17, 15) is 0 Å². The van der Waals surface area contributed by atoms with Crippen LogP contribution < -0.4 is 5.73 Å². The molecule has 1 heterocycles. The van der Waals surface area contributed by atoms with Crippen LogP contribution in [0.25, 0.3) is 0 Å². The Kier molecular flexibility index (Phi) is 4.10. The number of likely N-dealkylation sites (N-methyl/N-ethyl adjacent to an activating group) is 1. The molecule has 0 aliphatic heterocycles. The van der Waals surface area contributed by atoms with E-state index in [1.165, 1.54) is 0 Å². The Balaban J connectivity index is 2.95. The first-order valence-electron chi connectivity index (χ1n) is 5.91. The van der Waals surface area contributed by atoms with Crippen molar-refractivity contribution in [2.24, 2.45) is 5.73 Å². The van der Waals surface area contributed by atoms with Crippen molar-refractivity contribution in [3.8, 4) is 0 Å². The molecule has 0 fully saturated rings.